The van der Waals surface area contributed by atoms with Gasteiger partial charge in [0.1, 0.15) is 24.5 Å². The minimum Gasteiger partial charge on any atom is -0.492 e. The SMILES string of the molecule is Cc1cccc2ncnc(NC3Cc4ccc(OCCN(C)C)cc4C3)c12. The molecule has 1 aliphatic rings. The molecule has 1 aliphatic carbocycles. The van der Waals surface area contributed by atoms with Crippen molar-refractivity contribution in [2.45, 2.75) is 25.8 Å². The van der Waals surface area contributed by atoms with Crippen LogP contribution in [-0.2, 0) is 12.8 Å². The minimum atomic E-state index is 0.342. The van der Waals surface area contributed by atoms with E-state index in [9.17, 15) is 0 Å². The average Bonchev–Trinajstić information content (AvgIpc) is 3.03. The third-order valence-corrected chi connectivity index (χ3v) is 5.13. The lowest BCUT2D eigenvalue weighted by Crippen LogP contribution is -2.20. The number of ether oxygens (including phenoxy) is 1. The molecule has 0 fully saturated rings. The van der Waals surface area contributed by atoms with Crippen molar-refractivity contribution in [3.05, 3.63) is 59.4 Å². The van der Waals surface area contributed by atoms with E-state index in [4.69, 9.17) is 4.74 Å². The van der Waals surface area contributed by atoms with Gasteiger partial charge in [-0.25, -0.2) is 9.97 Å². The first-order valence-corrected chi connectivity index (χ1v) is 9.46. The van der Waals surface area contributed by atoms with Crippen LogP contribution < -0.4 is 10.1 Å². The van der Waals surface area contributed by atoms with Crippen LogP contribution in [-0.4, -0.2) is 48.2 Å². The number of aryl methyl sites for hydroxylation is 1. The maximum Gasteiger partial charge on any atom is 0.137 e. The molecular formula is C22H26N4O. The number of fused-ring (bicyclic) bond motifs is 2. The van der Waals surface area contributed by atoms with Gasteiger partial charge in [-0.15, -0.1) is 0 Å². The molecule has 5 nitrogen and oxygen atoms in total. The molecule has 0 spiro atoms. The molecule has 0 radical (unpaired) electrons. The summed E-state index contributed by atoms with van der Waals surface area (Å²) in [5.41, 5.74) is 4.94. The van der Waals surface area contributed by atoms with Crippen molar-refractivity contribution in [3.8, 4) is 5.75 Å². The highest BCUT2D eigenvalue weighted by atomic mass is 16.5. The van der Waals surface area contributed by atoms with Gasteiger partial charge in [-0.3, -0.25) is 0 Å². The molecule has 0 amide bonds. The molecule has 1 unspecified atom stereocenters. The molecule has 1 N–H and O–H groups in total. The Hall–Kier alpha value is -2.66. The van der Waals surface area contributed by atoms with Crippen molar-refractivity contribution in [3.63, 3.8) is 0 Å². The molecule has 4 rings (SSSR count). The molecule has 1 aromatic heterocycles. The quantitative estimate of drug-likeness (QED) is 0.728. The maximum atomic E-state index is 5.89. The first-order chi connectivity index (χ1) is 13.1. The normalized spacial score (nSPS) is 15.9. The Labute approximate surface area is 160 Å². The third-order valence-electron chi connectivity index (χ3n) is 5.13. The van der Waals surface area contributed by atoms with Crippen LogP contribution in [0.3, 0.4) is 0 Å². The van der Waals surface area contributed by atoms with Gasteiger partial charge < -0.3 is 15.0 Å². The van der Waals surface area contributed by atoms with Crippen LogP contribution in [0.1, 0.15) is 16.7 Å². The molecule has 27 heavy (non-hydrogen) atoms. The van der Waals surface area contributed by atoms with Crippen molar-refractivity contribution in [1.29, 1.82) is 0 Å². The second kappa shape index (κ2) is 7.53. The summed E-state index contributed by atoms with van der Waals surface area (Å²) in [6.07, 6.45) is 3.63. The summed E-state index contributed by atoms with van der Waals surface area (Å²) < 4.78 is 5.89. The van der Waals surface area contributed by atoms with E-state index in [1.54, 1.807) is 6.33 Å². The van der Waals surface area contributed by atoms with Gasteiger partial charge in [-0.05, 0) is 68.8 Å². The molecule has 0 saturated heterocycles. The van der Waals surface area contributed by atoms with Crippen LogP contribution in [0, 0.1) is 6.92 Å². The fourth-order valence-corrected chi connectivity index (χ4v) is 3.72. The minimum absolute atomic E-state index is 0.342. The van der Waals surface area contributed by atoms with Crippen molar-refractivity contribution >= 4 is 16.7 Å². The van der Waals surface area contributed by atoms with Crippen LogP contribution in [0.5, 0.6) is 5.75 Å². The number of aromatic nitrogens is 2. The van der Waals surface area contributed by atoms with Gasteiger partial charge in [-0.1, -0.05) is 18.2 Å². The lowest BCUT2D eigenvalue weighted by atomic mass is 10.1. The van der Waals surface area contributed by atoms with Crippen LogP contribution in [0.2, 0.25) is 0 Å². The van der Waals surface area contributed by atoms with Gasteiger partial charge in [0.25, 0.3) is 0 Å². The second-order valence-electron chi connectivity index (χ2n) is 7.52. The summed E-state index contributed by atoms with van der Waals surface area (Å²) in [5.74, 6) is 1.89. The first-order valence-electron chi connectivity index (χ1n) is 9.46. The van der Waals surface area contributed by atoms with E-state index in [2.05, 4.69) is 65.5 Å². The number of hydrogen-bond acceptors (Lipinski definition) is 5. The second-order valence-corrected chi connectivity index (χ2v) is 7.52. The predicted molar refractivity (Wildman–Crippen MR) is 110 cm³/mol. The van der Waals surface area contributed by atoms with Crippen molar-refractivity contribution < 1.29 is 4.74 Å². The summed E-state index contributed by atoms with van der Waals surface area (Å²) in [5, 5.41) is 4.77. The van der Waals surface area contributed by atoms with E-state index < -0.39 is 0 Å². The van der Waals surface area contributed by atoms with E-state index in [1.807, 2.05) is 12.1 Å². The van der Waals surface area contributed by atoms with Gasteiger partial charge in [0.05, 0.1) is 5.52 Å². The molecule has 0 saturated carbocycles. The molecule has 1 atom stereocenters. The number of nitrogens with one attached hydrogen (secondary N) is 1. The van der Waals surface area contributed by atoms with Crippen molar-refractivity contribution in [2.24, 2.45) is 0 Å². The molecule has 0 bridgehead atoms. The van der Waals surface area contributed by atoms with Gasteiger partial charge in [0.15, 0.2) is 0 Å². The first kappa shape index (κ1) is 17.7. The lowest BCUT2D eigenvalue weighted by Gasteiger charge is -2.15. The maximum absolute atomic E-state index is 5.89. The van der Waals surface area contributed by atoms with Crippen LogP contribution in [0.15, 0.2) is 42.7 Å². The van der Waals surface area contributed by atoms with Crippen molar-refractivity contribution in [1.82, 2.24) is 14.9 Å². The fourth-order valence-electron chi connectivity index (χ4n) is 3.72. The highest BCUT2D eigenvalue weighted by Crippen LogP contribution is 2.30. The average molecular weight is 362 g/mol. The monoisotopic (exact) mass is 362 g/mol. The number of nitrogens with zero attached hydrogens (tertiary/aromatic N) is 3. The third kappa shape index (κ3) is 3.88. The summed E-state index contributed by atoms with van der Waals surface area (Å²) in [7, 11) is 4.11. The zero-order chi connectivity index (χ0) is 18.8. The van der Waals surface area contributed by atoms with E-state index >= 15 is 0 Å². The summed E-state index contributed by atoms with van der Waals surface area (Å²) >= 11 is 0. The molecule has 0 aliphatic heterocycles. The van der Waals surface area contributed by atoms with E-state index in [-0.39, 0.29) is 0 Å². The largest absolute Gasteiger partial charge is 0.492 e. The molecule has 5 heteroatoms. The Kier molecular flexibility index (Phi) is 4.94. The Morgan fingerprint density at radius 1 is 1.11 bits per heavy atom. The van der Waals surface area contributed by atoms with Gasteiger partial charge in [0, 0.05) is 18.0 Å². The van der Waals surface area contributed by atoms with Crippen LogP contribution in [0.4, 0.5) is 5.82 Å². The van der Waals surface area contributed by atoms with Gasteiger partial charge in [-0.2, -0.15) is 0 Å². The number of likely N-dealkylation sites (N-methyl/N-ethyl adjacent to an activating group) is 1. The highest BCUT2D eigenvalue weighted by molar-refractivity contribution is 5.91. The summed E-state index contributed by atoms with van der Waals surface area (Å²) in [6.45, 7) is 3.73. The molecule has 2 aromatic carbocycles. The molecular weight excluding hydrogens is 336 g/mol. The Morgan fingerprint density at radius 2 is 1.96 bits per heavy atom. The number of hydrogen-bond donors (Lipinski definition) is 1. The Bertz CT molecular complexity index is 949. The summed E-state index contributed by atoms with van der Waals surface area (Å²) in [4.78, 5) is 11.0. The molecule has 140 valence electrons. The van der Waals surface area contributed by atoms with Crippen LogP contribution in [0.25, 0.3) is 10.9 Å². The highest BCUT2D eigenvalue weighted by Gasteiger charge is 2.23. The van der Waals surface area contributed by atoms with Gasteiger partial charge in [0.2, 0.25) is 0 Å². The zero-order valence-electron chi connectivity index (χ0n) is 16.2. The van der Waals surface area contributed by atoms with Gasteiger partial charge >= 0.3 is 0 Å². The smallest absolute Gasteiger partial charge is 0.137 e. The van der Waals surface area contributed by atoms with Crippen molar-refractivity contribution in [2.75, 3.05) is 32.6 Å². The molecule has 3 aromatic rings. The van der Waals surface area contributed by atoms with E-state index in [0.29, 0.717) is 12.6 Å². The Balaban J connectivity index is 1.48. The number of anilines is 1. The topological polar surface area (TPSA) is 50.3 Å². The van der Waals surface area contributed by atoms with E-state index in [1.165, 1.54) is 16.7 Å². The standard InChI is InChI=1S/C22H26N4O/c1-15-5-4-6-20-21(15)22(24-14-23-20)25-18-11-16-7-8-19(13-17(16)12-18)27-10-9-26(2)3/h4-8,13-14,18H,9-12H2,1-3H3,(H,23,24,25). The van der Waals surface area contributed by atoms with Crippen LogP contribution >= 0.6 is 0 Å². The fraction of sp³-hybridized carbons (Fsp3) is 0.364. The molecule has 1 heterocycles. The predicted octanol–water partition coefficient (Wildman–Crippen LogP) is 3.46. The van der Waals surface area contributed by atoms with E-state index in [0.717, 1.165) is 41.9 Å². The number of rotatable bonds is 6. The summed E-state index contributed by atoms with van der Waals surface area (Å²) in [6, 6.07) is 13.0. The number of benzene rings is 2. The lowest BCUT2D eigenvalue weighted by molar-refractivity contribution is 0.261. The Morgan fingerprint density at radius 3 is 2.81 bits per heavy atom. The zero-order valence-corrected chi connectivity index (χ0v) is 16.2.